The number of nitrogens with one attached hydrogen (secondary N) is 1. The fraction of sp³-hybridized carbons (Fsp3) is 0.533. The smallest absolute Gasteiger partial charge is 0.235 e. The average Bonchev–Trinajstić information content (AvgIpc) is 2.44. The van der Waals surface area contributed by atoms with Gasteiger partial charge in [-0.15, -0.1) is 0 Å². The van der Waals surface area contributed by atoms with E-state index in [9.17, 15) is 13.2 Å². The highest BCUT2D eigenvalue weighted by Crippen LogP contribution is 2.28. The molecule has 0 unspecified atom stereocenters. The van der Waals surface area contributed by atoms with Gasteiger partial charge in [0.1, 0.15) is 0 Å². The largest absolute Gasteiger partial charge is 0.493 e. The summed E-state index contributed by atoms with van der Waals surface area (Å²) in [6.45, 7) is 3.48. The van der Waals surface area contributed by atoms with Crippen molar-refractivity contribution in [2.24, 2.45) is 0 Å². The monoisotopic (exact) mass is 344 g/mol. The van der Waals surface area contributed by atoms with Crippen molar-refractivity contribution in [1.29, 1.82) is 0 Å². The molecule has 130 valence electrons. The number of sulfonamides is 1. The van der Waals surface area contributed by atoms with Gasteiger partial charge in [-0.1, -0.05) is 6.07 Å². The highest BCUT2D eigenvalue weighted by molar-refractivity contribution is 7.88. The fourth-order valence-corrected chi connectivity index (χ4v) is 2.74. The third-order valence-electron chi connectivity index (χ3n) is 3.05. The summed E-state index contributed by atoms with van der Waals surface area (Å²) in [5.74, 6) is 0.718. The molecule has 1 amide bonds. The number of methoxy groups -OCH3 is 2. The van der Waals surface area contributed by atoms with Crippen LogP contribution in [0.15, 0.2) is 18.2 Å². The molecular weight excluding hydrogens is 320 g/mol. The molecule has 0 aromatic heterocycles. The third-order valence-corrected chi connectivity index (χ3v) is 4.24. The van der Waals surface area contributed by atoms with E-state index in [2.05, 4.69) is 5.32 Å². The maximum Gasteiger partial charge on any atom is 0.235 e. The summed E-state index contributed by atoms with van der Waals surface area (Å²) in [7, 11) is -0.498. The van der Waals surface area contributed by atoms with E-state index in [1.807, 2.05) is 13.8 Å². The minimum Gasteiger partial charge on any atom is -0.493 e. The molecule has 0 fully saturated rings. The molecule has 8 heteroatoms. The first-order valence-electron chi connectivity index (χ1n) is 7.12. The van der Waals surface area contributed by atoms with E-state index in [0.717, 1.165) is 10.6 Å². The van der Waals surface area contributed by atoms with Crippen molar-refractivity contribution < 1.29 is 22.7 Å². The van der Waals surface area contributed by atoms with Gasteiger partial charge < -0.3 is 14.8 Å². The van der Waals surface area contributed by atoms with Crippen LogP contribution in [-0.4, -0.2) is 51.7 Å². The number of hydrogen-bond donors (Lipinski definition) is 1. The van der Waals surface area contributed by atoms with Gasteiger partial charge in [-0.2, -0.15) is 4.31 Å². The molecule has 0 radical (unpaired) electrons. The second-order valence-electron chi connectivity index (χ2n) is 5.44. The van der Waals surface area contributed by atoms with Crippen LogP contribution < -0.4 is 14.8 Å². The standard InChI is InChI=1S/C15H24N2O5S/c1-11(2)16-15(18)10-17(23(5,19)20)9-12-6-7-13(21-3)14(8-12)22-4/h6-8,11H,9-10H2,1-5H3,(H,16,18). The first-order valence-corrected chi connectivity index (χ1v) is 8.97. The van der Waals surface area contributed by atoms with Crippen molar-refractivity contribution in [3.05, 3.63) is 23.8 Å². The zero-order valence-corrected chi connectivity index (χ0v) is 14.9. The van der Waals surface area contributed by atoms with Crippen molar-refractivity contribution in [1.82, 2.24) is 9.62 Å². The van der Waals surface area contributed by atoms with Crippen LogP contribution in [0.1, 0.15) is 19.4 Å². The van der Waals surface area contributed by atoms with Crippen molar-refractivity contribution in [3.8, 4) is 11.5 Å². The predicted octanol–water partition coefficient (Wildman–Crippen LogP) is 0.990. The molecule has 23 heavy (non-hydrogen) atoms. The molecule has 0 heterocycles. The van der Waals surface area contributed by atoms with Gasteiger partial charge in [0.05, 0.1) is 27.0 Å². The predicted molar refractivity (Wildman–Crippen MR) is 88.1 cm³/mol. The van der Waals surface area contributed by atoms with Crippen molar-refractivity contribution in [2.75, 3.05) is 27.0 Å². The number of hydrogen-bond acceptors (Lipinski definition) is 5. The molecule has 7 nitrogen and oxygen atoms in total. The lowest BCUT2D eigenvalue weighted by molar-refractivity contribution is -0.121. The Hall–Kier alpha value is -1.80. The Morgan fingerprint density at radius 1 is 1.22 bits per heavy atom. The van der Waals surface area contributed by atoms with E-state index < -0.39 is 10.0 Å². The molecule has 0 saturated heterocycles. The van der Waals surface area contributed by atoms with E-state index in [1.54, 1.807) is 18.2 Å². The molecule has 1 rings (SSSR count). The molecule has 1 aromatic carbocycles. The summed E-state index contributed by atoms with van der Waals surface area (Å²) in [5.41, 5.74) is 0.699. The van der Waals surface area contributed by atoms with Gasteiger partial charge in [-0.3, -0.25) is 4.79 Å². The van der Waals surface area contributed by atoms with Crippen LogP contribution in [0.3, 0.4) is 0 Å². The zero-order chi connectivity index (χ0) is 17.6. The number of carbonyl (C=O) groups is 1. The molecule has 0 atom stereocenters. The Balaban J connectivity index is 2.96. The second kappa shape index (κ2) is 8.16. The highest BCUT2D eigenvalue weighted by atomic mass is 32.2. The van der Waals surface area contributed by atoms with E-state index in [4.69, 9.17) is 9.47 Å². The zero-order valence-electron chi connectivity index (χ0n) is 14.1. The van der Waals surface area contributed by atoms with E-state index in [-0.39, 0.29) is 25.0 Å². The van der Waals surface area contributed by atoms with Crippen LogP contribution in [-0.2, 0) is 21.4 Å². The third kappa shape index (κ3) is 6.07. The quantitative estimate of drug-likeness (QED) is 0.760. The number of nitrogens with zero attached hydrogens (tertiary/aromatic N) is 1. The van der Waals surface area contributed by atoms with Gasteiger partial charge in [-0.25, -0.2) is 8.42 Å². The van der Waals surface area contributed by atoms with E-state index >= 15 is 0 Å². The van der Waals surface area contributed by atoms with Gasteiger partial charge in [0.25, 0.3) is 0 Å². The average molecular weight is 344 g/mol. The SMILES string of the molecule is COc1ccc(CN(CC(=O)NC(C)C)S(C)(=O)=O)cc1OC. The van der Waals surface area contributed by atoms with Gasteiger partial charge in [0.15, 0.2) is 11.5 Å². The normalized spacial score (nSPS) is 11.6. The van der Waals surface area contributed by atoms with Crippen LogP contribution in [0.4, 0.5) is 0 Å². The summed E-state index contributed by atoms with van der Waals surface area (Å²) >= 11 is 0. The van der Waals surface area contributed by atoms with Crippen LogP contribution in [0.2, 0.25) is 0 Å². The summed E-state index contributed by atoms with van der Waals surface area (Å²) in [5, 5.41) is 2.68. The number of benzene rings is 1. The Labute approximate surface area is 137 Å². The number of rotatable bonds is 8. The van der Waals surface area contributed by atoms with Crippen molar-refractivity contribution in [3.63, 3.8) is 0 Å². The lowest BCUT2D eigenvalue weighted by Gasteiger charge is -2.21. The molecule has 0 spiro atoms. The Bertz CT molecular complexity index is 643. The molecule has 1 N–H and O–H groups in total. The molecule has 0 bridgehead atoms. The summed E-state index contributed by atoms with van der Waals surface area (Å²) < 4.78 is 35.3. The molecule has 0 aliphatic carbocycles. The molecular formula is C15H24N2O5S. The summed E-state index contributed by atoms with van der Waals surface area (Å²) in [6.07, 6.45) is 1.08. The topological polar surface area (TPSA) is 84.9 Å². The van der Waals surface area contributed by atoms with Gasteiger partial charge in [-0.05, 0) is 31.5 Å². The van der Waals surface area contributed by atoms with Crippen molar-refractivity contribution in [2.45, 2.75) is 26.4 Å². The first kappa shape index (κ1) is 19.2. The Morgan fingerprint density at radius 3 is 2.30 bits per heavy atom. The Morgan fingerprint density at radius 2 is 1.83 bits per heavy atom. The maximum absolute atomic E-state index is 11.9. The number of carbonyl (C=O) groups excluding carboxylic acids is 1. The van der Waals surface area contributed by atoms with E-state index in [1.165, 1.54) is 14.2 Å². The molecule has 0 saturated carbocycles. The van der Waals surface area contributed by atoms with Crippen LogP contribution >= 0.6 is 0 Å². The summed E-state index contributed by atoms with van der Waals surface area (Å²) in [4.78, 5) is 11.9. The lowest BCUT2D eigenvalue weighted by atomic mass is 10.2. The minimum atomic E-state index is -3.53. The van der Waals surface area contributed by atoms with Crippen molar-refractivity contribution >= 4 is 15.9 Å². The van der Waals surface area contributed by atoms with Crippen LogP contribution in [0.25, 0.3) is 0 Å². The number of ether oxygens (including phenoxy) is 2. The fourth-order valence-electron chi connectivity index (χ4n) is 2.00. The number of amides is 1. The second-order valence-corrected chi connectivity index (χ2v) is 7.43. The summed E-state index contributed by atoms with van der Waals surface area (Å²) in [6, 6.07) is 5.07. The van der Waals surface area contributed by atoms with Gasteiger partial charge in [0, 0.05) is 12.6 Å². The van der Waals surface area contributed by atoms with E-state index in [0.29, 0.717) is 17.1 Å². The molecule has 0 aliphatic rings. The van der Waals surface area contributed by atoms with Crippen LogP contribution in [0, 0.1) is 0 Å². The maximum atomic E-state index is 11.9. The highest BCUT2D eigenvalue weighted by Gasteiger charge is 2.21. The molecule has 0 aliphatic heterocycles. The van der Waals surface area contributed by atoms with Crippen LogP contribution in [0.5, 0.6) is 11.5 Å². The lowest BCUT2D eigenvalue weighted by Crippen LogP contribution is -2.42. The Kier molecular flexibility index (Phi) is 6.83. The van der Waals surface area contributed by atoms with Gasteiger partial charge >= 0.3 is 0 Å². The van der Waals surface area contributed by atoms with Gasteiger partial charge in [0.2, 0.25) is 15.9 Å². The molecule has 1 aromatic rings. The minimum absolute atomic E-state index is 0.0509. The first-order chi connectivity index (χ1) is 10.7.